The van der Waals surface area contributed by atoms with E-state index in [-0.39, 0.29) is 11.3 Å². The highest BCUT2D eigenvalue weighted by molar-refractivity contribution is 9.10. The summed E-state index contributed by atoms with van der Waals surface area (Å²) in [6.45, 7) is 0. The minimum absolute atomic E-state index is 0.0497. The third kappa shape index (κ3) is 3.40. The van der Waals surface area contributed by atoms with Gasteiger partial charge >= 0.3 is 6.36 Å². The molecule has 3 aromatic rings. The van der Waals surface area contributed by atoms with Crippen molar-refractivity contribution in [2.45, 2.75) is 6.36 Å². The highest BCUT2D eigenvalue weighted by atomic mass is 79.9. The van der Waals surface area contributed by atoms with Crippen molar-refractivity contribution in [2.24, 2.45) is 0 Å². The first-order valence-electron chi connectivity index (χ1n) is 6.72. The standard InChI is InChI=1S/C15H10BrF3N4O/c1-20-14-10-5-9(16)6-11(24-15(17,18)19)12(10)22-13(23-14)8-3-2-4-21-7-8/h2-7H,1H3,(H,20,22,23). The van der Waals surface area contributed by atoms with Crippen LogP contribution in [0, 0.1) is 0 Å². The van der Waals surface area contributed by atoms with Gasteiger partial charge in [-0.3, -0.25) is 4.98 Å². The molecule has 9 heteroatoms. The van der Waals surface area contributed by atoms with E-state index in [0.29, 0.717) is 21.2 Å². The first-order valence-corrected chi connectivity index (χ1v) is 7.52. The topological polar surface area (TPSA) is 59.9 Å². The van der Waals surface area contributed by atoms with Gasteiger partial charge in [-0.1, -0.05) is 15.9 Å². The number of pyridine rings is 1. The Bertz CT molecular complexity index is 887. The number of alkyl halides is 3. The fourth-order valence-corrected chi connectivity index (χ4v) is 2.62. The summed E-state index contributed by atoms with van der Waals surface area (Å²) in [5.41, 5.74) is 0.630. The molecule has 0 aliphatic heterocycles. The average molecular weight is 399 g/mol. The molecule has 0 amide bonds. The fourth-order valence-electron chi connectivity index (χ4n) is 2.18. The Morgan fingerprint density at radius 2 is 2.00 bits per heavy atom. The molecule has 0 aliphatic rings. The van der Waals surface area contributed by atoms with Crippen LogP contribution in [0.15, 0.2) is 41.1 Å². The summed E-state index contributed by atoms with van der Waals surface area (Å²) in [7, 11) is 1.62. The molecular weight excluding hydrogens is 389 g/mol. The lowest BCUT2D eigenvalue weighted by Gasteiger charge is -2.14. The quantitative estimate of drug-likeness (QED) is 0.708. The third-order valence-electron chi connectivity index (χ3n) is 3.11. The number of halogens is 4. The summed E-state index contributed by atoms with van der Waals surface area (Å²) in [5.74, 6) is 0.220. The summed E-state index contributed by atoms with van der Waals surface area (Å²) in [6.07, 6.45) is -1.71. The van der Waals surface area contributed by atoms with Gasteiger partial charge in [0.2, 0.25) is 0 Å². The van der Waals surface area contributed by atoms with Crippen molar-refractivity contribution in [1.29, 1.82) is 0 Å². The average Bonchev–Trinajstić information content (AvgIpc) is 2.53. The van der Waals surface area contributed by atoms with Crippen LogP contribution in [0.5, 0.6) is 5.75 Å². The van der Waals surface area contributed by atoms with E-state index >= 15 is 0 Å². The summed E-state index contributed by atoms with van der Waals surface area (Å²) in [6, 6.07) is 6.25. The summed E-state index contributed by atoms with van der Waals surface area (Å²) < 4.78 is 42.6. The Labute approximate surface area is 143 Å². The van der Waals surface area contributed by atoms with Gasteiger partial charge < -0.3 is 10.1 Å². The highest BCUT2D eigenvalue weighted by Gasteiger charge is 2.32. The second kappa shape index (κ2) is 6.23. The van der Waals surface area contributed by atoms with Crippen LogP contribution < -0.4 is 10.1 Å². The number of hydrogen-bond acceptors (Lipinski definition) is 5. The van der Waals surface area contributed by atoms with Crippen LogP contribution in [-0.2, 0) is 0 Å². The van der Waals surface area contributed by atoms with Crippen molar-refractivity contribution in [2.75, 3.05) is 12.4 Å². The van der Waals surface area contributed by atoms with Crippen molar-refractivity contribution in [3.63, 3.8) is 0 Å². The molecule has 0 bridgehead atoms. The normalized spacial score (nSPS) is 11.5. The maximum absolute atomic E-state index is 12.7. The van der Waals surface area contributed by atoms with E-state index in [1.54, 1.807) is 31.4 Å². The molecule has 1 aromatic carbocycles. The van der Waals surface area contributed by atoms with Gasteiger partial charge in [-0.15, -0.1) is 13.2 Å². The molecule has 0 saturated carbocycles. The molecule has 124 valence electrons. The number of hydrogen-bond donors (Lipinski definition) is 1. The van der Waals surface area contributed by atoms with Gasteiger partial charge in [0.1, 0.15) is 11.3 Å². The third-order valence-corrected chi connectivity index (χ3v) is 3.57. The molecule has 0 fully saturated rings. The maximum atomic E-state index is 12.7. The number of benzene rings is 1. The minimum atomic E-state index is -4.83. The lowest BCUT2D eigenvalue weighted by molar-refractivity contribution is -0.274. The second-order valence-corrected chi connectivity index (χ2v) is 5.65. The lowest BCUT2D eigenvalue weighted by atomic mass is 10.2. The number of anilines is 1. The zero-order valence-electron chi connectivity index (χ0n) is 12.2. The summed E-state index contributed by atoms with van der Waals surface area (Å²) in [5, 5.41) is 3.27. The number of aromatic nitrogens is 3. The molecule has 3 rings (SSSR count). The van der Waals surface area contributed by atoms with Crippen molar-refractivity contribution >= 4 is 32.7 Å². The van der Waals surface area contributed by atoms with Gasteiger partial charge in [0, 0.05) is 34.9 Å². The van der Waals surface area contributed by atoms with Crippen LogP contribution in [0.4, 0.5) is 19.0 Å². The first-order chi connectivity index (χ1) is 11.4. The van der Waals surface area contributed by atoms with Gasteiger partial charge in [-0.05, 0) is 24.3 Å². The van der Waals surface area contributed by atoms with Crippen molar-refractivity contribution in [3.8, 4) is 17.1 Å². The fraction of sp³-hybridized carbons (Fsp3) is 0.133. The molecule has 1 N–H and O–H groups in total. The highest BCUT2D eigenvalue weighted by Crippen LogP contribution is 2.36. The van der Waals surface area contributed by atoms with Gasteiger partial charge in [-0.2, -0.15) is 0 Å². The molecule has 0 aliphatic carbocycles. The predicted molar refractivity (Wildman–Crippen MR) is 86.7 cm³/mol. The minimum Gasteiger partial charge on any atom is -0.403 e. The Morgan fingerprint density at radius 3 is 2.62 bits per heavy atom. The number of fused-ring (bicyclic) bond motifs is 1. The SMILES string of the molecule is CNc1nc(-c2cccnc2)nc2c(OC(F)(F)F)cc(Br)cc12. The smallest absolute Gasteiger partial charge is 0.403 e. The predicted octanol–water partition coefficient (Wildman–Crippen LogP) is 4.39. The maximum Gasteiger partial charge on any atom is 0.573 e. The second-order valence-electron chi connectivity index (χ2n) is 4.74. The summed E-state index contributed by atoms with van der Waals surface area (Å²) in [4.78, 5) is 12.6. The van der Waals surface area contributed by atoms with Gasteiger partial charge in [0.15, 0.2) is 11.6 Å². The van der Waals surface area contributed by atoms with Crippen molar-refractivity contribution in [1.82, 2.24) is 15.0 Å². The number of rotatable bonds is 3. The molecule has 0 spiro atoms. The Morgan fingerprint density at radius 1 is 1.21 bits per heavy atom. The molecule has 0 saturated heterocycles. The first kappa shape index (κ1) is 16.4. The van der Waals surface area contributed by atoms with E-state index in [1.165, 1.54) is 12.3 Å². The van der Waals surface area contributed by atoms with Crippen LogP contribution >= 0.6 is 15.9 Å². The zero-order chi connectivity index (χ0) is 17.3. The number of nitrogens with zero attached hydrogens (tertiary/aromatic N) is 3. The molecule has 2 aromatic heterocycles. The molecule has 0 unspecified atom stereocenters. The monoisotopic (exact) mass is 398 g/mol. The van der Waals surface area contributed by atoms with Crippen LogP contribution in [0.25, 0.3) is 22.3 Å². The van der Waals surface area contributed by atoms with Crippen LogP contribution in [0.3, 0.4) is 0 Å². The molecular formula is C15H10BrF3N4O. The van der Waals surface area contributed by atoms with Crippen molar-refractivity contribution in [3.05, 3.63) is 41.1 Å². The Hall–Kier alpha value is -2.42. The van der Waals surface area contributed by atoms with Gasteiger partial charge in [-0.25, -0.2) is 9.97 Å². The lowest BCUT2D eigenvalue weighted by Crippen LogP contribution is -2.17. The van der Waals surface area contributed by atoms with Gasteiger partial charge in [0.25, 0.3) is 0 Å². The van der Waals surface area contributed by atoms with E-state index in [2.05, 4.69) is 40.9 Å². The van der Waals surface area contributed by atoms with E-state index in [0.717, 1.165) is 0 Å². The van der Waals surface area contributed by atoms with E-state index in [9.17, 15) is 13.2 Å². The van der Waals surface area contributed by atoms with Crippen LogP contribution in [0.1, 0.15) is 0 Å². The van der Waals surface area contributed by atoms with Crippen molar-refractivity contribution < 1.29 is 17.9 Å². The number of nitrogens with one attached hydrogen (secondary N) is 1. The molecule has 24 heavy (non-hydrogen) atoms. The van der Waals surface area contributed by atoms with Crippen LogP contribution in [-0.4, -0.2) is 28.4 Å². The summed E-state index contributed by atoms with van der Waals surface area (Å²) >= 11 is 3.18. The van der Waals surface area contributed by atoms with Gasteiger partial charge in [0.05, 0.1) is 0 Å². The Balaban J connectivity index is 2.28. The molecule has 0 atom stereocenters. The van der Waals surface area contributed by atoms with Crippen LogP contribution in [0.2, 0.25) is 0 Å². The molecule has 5 nitrogen and oxygen atoms in total. The largest absolute Gasteiger partial charge is 0.573 e. The van der Waals surface area contributed by atoms with E-state index in [1.807, 2.05) is 0 Å². The number of ether oxygens (including phenoxy) is 1. The van der Waals surface area contributed by atoms with E-state index < -0.39 is 12.1 Å². The molecule has 2 heterocycles. The zero-order valence-corrected chi connectivity index (χ0v) is 13.8. The van der Waals surface area contributed by atoms with E-state index in [4.69, 9.17) is 0 Å². The Kier molecular flexibility index (Phi) is 4.27. The molecule has 0 radical (unpaired) electrons.